The van der Waals surface area contributed by atoms with Crippen LogP contribution < -0.4 is 5.32 Å². The van der Waals surface area contributed by atoms with Gasteiger partial charge in [0.15, 0.2) is 0 Å². The van der Waals surface area contributed by atoms with Gasteiger partial charge in [-0.15, -0.1) is 0 Å². The van der Waals surface area contributed by atoms with E-state index in [0.717, 1.165) is 25.7 Å². The Morgan fingerprint density at radius 1 is 1.45 bits per heavy atom. The van der Waals surface area contributed by atoms with Crippen LogP contribution >= 0.6 is 0 Å². The molecule has 8 heteroatoms. The number of aromatic nitrogens is 2. The van der Waals surface area contributed by atoms with Gasteiger partial charge in [-0.25, -0.2) is 4.79 Å². The summed E-state index contributed by atoms with van der Waals surface area (Å²) < 4.78 is 1.45. The highest BCUT2D eigenvalue weighted by Crippen LogP contribution is 2.33. The maximum atomic E-state index is 11.7. The van der Waals surface area contributed by atoms with Gasteiger partial charge in [0.25, 0.3) is 0 Å². The molecule has 0 amide bonds. The second kappa shape index (κ2) is 5.48. The Hall–Kier alpha value is -2.12. The topological polar surface area (TPSA) is 110 Å². The highest BCUT2D eigenvalue weighted by molar-refractivity contribution is 5.83. The lowest BCUT2D eigenvalue weighted by atomic mass is 9.90. The molecule has 0 bridgehead atoms. The molecule has 20 heavy (non-hydrogen) atoms. The number of hydrogen-bond acceptors (Lipinski definition) is 5. The Morgan fingerprint density at radius 2 is 2.05 bits per heavy atom. The standard InChI is InChI=1S/C12H18N4O4/c1-15-8-13-9(16(19)20)10(15)14-12(11(17)18)6-4-2-3-5-7-12/h8,14H,2-7H2,1H3,(H,17,18). The van der Waals surface area contributed by atoms with Crippen LogP contribution in [0, 0.1) is 10.1 Å². The van der Waals surface area contributed by atoms with Crippen LogP contribution in [0.4, 0.5) is 11.6 Å². The summed E-state index contributed by atoms with van der Waals surface area (Å²) in [6.45, 7) is 0. The zero-order chi connectivity index (χ0) is 14.8. The van der Waals surface area contributed by atoms with Crippen molar-refractivity contribution in [1.82, 2.24) is 9.55 Å². The van der Waals surface area contributed by atoms with Crippen LogP contribution in [0.3, 0.4) is 0 Å². The maximum Gasteiger partial charge on any atom is 0.406 e. The summed E-state index contributed by atoms with van der Waals surface area (Å²) in [6, 6.07) is 0. The Kier molecular flexibility index (Phi) is 3.91. The lowest BCUT2D eigenvalue weighted by Crippen LogP contribution is -2.46. The molecule has 1 aliphatic carbocycles. The van der Waals surface area contributed by atoms with Crippen LogP contribution in [-0.4, -0.2) is 31.1 Å². The molecule has 0 atom stereocenters. The molecule has 0 unspecified atom stereocenters. The molecular weight excluding hydrogens is 264 g/mol. The Bertz CT molecular complexity index is 518. The molecule has 0 spiro atoms. The van der Waals surface area contributed by atoms with Gasteiger partial charge in [-0.1, -0.05) is 25.7 Å². The summed E-state index contributed by atoms with van der Waals surface area (Å²) in [5, 5.41) is 23.4. The average molecular weight is 282 g/mol. The van der Waals surface area contributed by atoms with Gasteiger partial charge in [0.2, 0.25) is 12.1 Å². The first-order valence-electron chi connectivity index (χ1n) is 6.63. The average Bonchev–Trinajstić information content (AvgIpc) is 2.62. The zero-order valence-electron chi connectivity index (χ0n) is 11.3. The van der Waals surface area contributed by atoms with E-state index in [1.807, 2.05) is 0 Å². The fraction of sp³-hybridized carbons (Fsp3) is 0.667. The number of carboxylic acids is 1. The van der Waals surface area contributed by atoms with E-state index in [4.69, 9.17) is 0 Å². The predicted molar refractivity (Wildman–Crippen MR) is 71.6 cm³/mol. The largest absolute Gasteiger partial charge is 0.480 e. The van der Waals surface area contributed by atoms with Crippen LogP contribution in [0.2, 0.25) is 0 Å². The third-order valence-electron chi connectivity index (χ3n) is 3.81. The Morgan fingerprint density at radius 3 is 2.55 bits per heavy atom. The minimum absolute atomic E-state index is 0.152. The number of nitro groups is 1. The van der Waals surface area contributed by atoms with Gasteiger partial charge in [0.05, 0.1) is 0 Å². The lowest BCUT2D eigenvalue weighted by molar-refractivity contribution is -0.388. The molecule has 1 heterocycles. The number of anilines is 1. The third-order valence-corrected chi connectivity index (χ3v) is 3.81. The van der Waals surface area contributed by atoms with Crippen molar-refractivity contribution in [1.29, 1.82) is 0 Å². The molecule has 8 nitrogen and oxygen atoms in total. The Balaban J connectivity index is 2.35. The van der Waals surface area contributed by atoms with E-state index < -0.39 is 16.4 Å². The summed E-state index contributed by atoms with van der Waals surface area (Å²) in [4.78, 5) is 25.7. The first kappa shape index (κ1) is 14.3. The molecule has 1 saturated carbocycles. The third kappa shape index (κ3) is 2.59. The number of aliphatic carboxylic acids is 1. The monoisotopic (exact) mass is 282 g/mol. The second-order valence-electron chi connectivity index (χ2n) is 5.21. The minimum atomic E-state index is -1.14. The van der Waals surface area contributed by atoms with Crippen molar-refractivity contribution >= 4 is 17.6 Å². The van der Waals surface area contributed by atoms with E-state index in [2.05, 4.69) is 10.3 Å². The predicted octanol–water partition coefficient (Wildman–Crippen LogP) is 1.92. The van der Waals surface area contributed by atoms with Crippen molar-refractivity contribution in [3.63, 3.8) is 0 Å². The van der Waals surface area contributed by atoms with Crippen LogP contribution in [0.5, 0.6) is 0 Å². The van der Waals surface area contributed by atoms with Crippen molar-refractivity contribution < 1.29 is 14.8 Å². The van der Waals surface area contributed by atoms with Crippen molar-refractivity contribution in [2.75, 3.05) is 5.32 Å². The molecule has 0 aromatic carbocycles. The smallest absolute Gasteiger partial charge is 0.406 e. The van der Waals surface area contributed by atoms with Crippen molar-refractivity contribution in [2.45, 2.75) is 44.1 Å². The van der Waals surface area contributed by atoms with E-state index in [-0.39, 0.29) is 11.6 Å². The molecule has 0 saturated heterocycles. The SMILES string of the molecule is Cn1cnc([N+](=O)[O-])c1NC1(C(=O)O)CCCCCC1. The first-order chi connectivity index (χ1) is 9.46. The van der Waals surface area contributed by atoms with Crippen LogP contribution in [0.15, 0.2) is 6.33 Å². The van der Waals surface area contributed by atoms with Gasteiger partial charge in [-0.05, 0) is 22.7 Å². The number of hydrogen-bond donors (Lipinski definition) is 2. The summed E-state index contributed by atoms with van der Waals surface area (Å²) in [6.07, 6.45) is 5.81. The van der Waals surface area contributed by atoms with Gasteiger partial charge >= 0.3 is 11.8 Å². The molecule has 1 aliphatic rings. The van der Waals surface area contributed by atoms with E-state index in [0.29, 0.717) is 12.8 Å². The number of rotatable bonds is 4. The molecule has 2 rings (SSSR count). The first-order valence-corrected chi connectivity index (χ1v) is 6.63. The fourth-order valence-electron chi connectivity index (χ4n) is 2.65. The van der Waals surface area contributed by atoms with E-state index >= 15 is 0 Å². The molecule has 110 valence electrons. The van der Waals surface area contributed by atoms with Gasteiger partial charge in [-0.2, -0.15) is 0 Å². The number of nitrogens with zero attached hydrogens (tertiary/aromatic N) is 3. The number of carbonyl (C=O) groups is 1. The summed E-state index contributed by atoms with van der Waals surface area (Å²) in [5.41, 5.74) is -1.14. The van der Waals surface area contributed by atoms with Crippen LogP contribution in [0.25, 0.3) is 0 Å². The molecule has 1 aromatic rings. The van der Waals surface area contributed by atoms with E-state index in [1.54, 1.807) is 7.05 Å². The number of aryl methyl sites for hydroxylation is 1. The van der Waals surface area contributed by atoms with Crippen LogP contribution in [0.1, 0.15) is 38.5 Å². The quantitative estimate of drug-likeness (QED) is 0.496. The highest BCUT2D eigenvalue weighted by Gasteiger charge is 2.41. The summed E-state index contributed by atoms with van der Waals surface area (Å²) >= 11 is 0. The maximum absolute atomic E-state index is 11.7. The lowest BCUT2D eigenvalue weighted by Gasteiger charge is -2.29. The molecular formula is C12H18N4O4. The fourth-order valence-corrected chi connectivity index (χ4v) is 2.65. The molecule has 0 radical (unpaired) electrons. The molecule has 1 aromatic heterocycles. The Labute approximate surface area is 116 Å². The van der Waals surface area contributed by atoms with Crippen molar-refractivity contribution in [2.24, 2.45) is 7.05 Å². The number of nitrogens with one attached hydrogen (secondary N) is 1. The van der Waals surface area contributed by atoms with E-state index in [1.165, 1.54) is 10.9 Å². The van der Waals surface area contributed by atoms with Gasteiger partial charge in [0.1, 0.15) is 5.54 Å². The summed E-state index contributed by atoms with van der Waals surface area (Å²) in [5.74, 6) is -1.15. The normalized spacial score (nSPS) is 18.2. The number of carboxylic acid groups (broad SMARTS) is 1. The number of imidazole rings is 1. The van der Waals surface area contributed by atoms with Crippen molar-refractivity contribution in [3.05, 3.63) is 16.4 Å². The highest BCUT2D eigenvalue weighted by atomic mass is 16.6. The minimum Gasteiger partial charge on any atom is -0.480 e. The molecule has 2 N–H and O–H groups in total. The van der Waals surface area contributed by atoms with Gasteiger partial charge in [-0.3, -0.25) is 4.57 Å². The van der Waals surface area contributed by atoms with Crippen molar-refractivity contribution in [3.8, 4) is 0 Å². The van der Waals surface area contributed by atoms with Crippen LogP contribution in [-0.2, 0) is 11.8 Å². The summed E-state index contributed by atoms with van der Waals surface area (Å²) in [7, 11) is 1.61. The van der Waals surface area contributed by atoms with E-state index in [9.17, 15) is 20.0 Å². The van der Waals surface area contributed by atoms with Gasteiger partial charge in [0, 0.05) is 7.05 Å². The second-order valence-corrected chi connectivity index (χ2v) is 5.21. The van der Waals surface area contributed by atoms with Gasteiger partial charge < -0.3 is 20.5 Å². The zero-order valence-corrected chi connectivity index (χ0v) is 11.3. The molecule has 0 aliphatic heterocycles. The molecule has 1 fully saturated rings.